The van der Waals surface area contributed by atoms with Crippen LogP contribution >= 0.6 is 12.1 Å². The molecule has 1 aliphatic heterocycles. The molecule has 6 heteroatoms. The molecule has 0 aromatic rings. The fourth-order valence-electron chi connectivity index (χ4n) is 1.52. The lowest BCUT2D eigenvalue weighted by Crippen LogP contribution is -2.13. The van der Waals surface area contributed by atoms with Crippen LogP contribution < -0.4 is 4.72 Å². The average molecular weight is 312 g/mol. The summed E-state index contributed by atoms with van der Waals surface area (Å²) in [6.07, 6.45) is 8.75. The van der Waals surface area contributed by atoms with Crippen LogP contribution in [0.2, 0.25) is 0 Å². The minimum absolute atomic E-state index is 0.0114. The Bertz CT molecular complexity index is 433. The summed E-state index contributed by atoms with van der Waals surface area (Å²) in [6.45, 7) is 6.85. The van der Waals surface area contributed by atoms with Crippen LogP contribution in [0, 0.1) is 0 Å². The number of hydrogen-bond donors (Lipinski definition) is 1. The number of hydrogen-bond acceptors (Lipinski definition) is 5. The van der Waals surface area contributed by atoms with Crippen molar-refractivity contribution in [3.8, 4) is 0 Å². The molecule has 0 spiro atoms. The van der Waals surface area contributed by atoms with Crippen LogP contribution in [0.3, 0.4) is 0 Å². The molecule has 118 valence electrons. The molecule has 0 aromatic carbocycles. The van der Waals surface area contributed by atoms with Crippen LogP contribution in [0.5, 0.6) is 0 Å². The van der Waals surface area contributed by atoms with Crippen molar-refractivity contribution in [2.75, 3.05) is 20.3 Å². The van der Waals surface area contributed by atoms with Gasteiger partial charge in [0.1, 0.15) is 18.9 Å². The number of amides is 1. The molecule has 1 heterocycles. The highest BCUT2D eigenvalue weighted by Crippen LogP contribution is 2.17. The van der Waals surface area contributed by atoms with E-state index >= 15 is 0 Å². The van der Waals surface area contributed by atoms with E-state index in [1.54, 1.807) is 7.11 Å². The van der Waals surface area contributed by atoms with Gasteiger partial charge in [-0.2, -0.15) is 0 Å². The predicted molar refractivity (Wildman–Crippen MR) is 86.1 cm³/mol. The molecule has 0 radical (unpaired) electrons. The Balaban J connectivity index is 2.51. The average Bonchev–Trinajstić information content (AvgIpc) is 2.90. The number of carbonyl (C=O) groups excluding carboxylic acids is 1. The van der Waals surface area contributed by atoms with Gasteiger partial charge in [0, 0.05) is 13.5 Å². The summed E-state index contributed by atoms with van der Waals surface area (Å²) in [5.74, 6) is 0.865. The molecule has 0 aliphatic carbocycles. The van der Waals surface area contributed by atoms with Crippen molar-refractivity contribution in [1.82, 2.24) is 9.03 Å². The molecule has 0 aromatic heterocycles. The van der Waals surface area contributed by atoms with E-state index in [-0.39, 0.29) is 12.0 Å². The molecule has 0 saturated carbocycles. The fraction of sp³-hybridized carbons (Fsp3) is 0.533. The first-order valence-electron chi connectivity index (χ1n) is 7.01. The Hall–Kier alpha value is -1.40. The van der Waals surface area contributed by atoms with Crippen LogP contribution in [-0.4, -0.2) is 36.6 Å². The van der Waals surface area contributed by atoms with Gasteiger partial charge in [-0.3, -0.25) is 13.8 Å². The summed E-state index contributed by atoms with van der Waals surface area (Å²) in [4.78, 5) is 11.1. The summed E-state index contributed by atoms with van der Waals surface area (Å²) in [5.41, 5.74) is 1.08. The quantitative estimate of drug-likeness (QED) is 0.424. The minimum Gasteiger partial charge on any atom is -0.492 e. The molecule has 1 N–H and O–H groups in total. The number of rotatable bonds is 8. The first kappa shape index (κ1) is 17.7. The molecule has 1 aliphatic rings. The first-order valence-corrected chi connectivity index (χ1v) is 7.78. The summed E-state index contributed by atoms with van der Waals surface area (Å²) < 4.78 is 15.5. The van der Waals surface area contributed by atoms with Gasteiger partial charge in [-0.15, -0.1) is 0 Å². The molecular formula is C15H24N2O3S. The number of nitrogens with one attached hydrogen (secondary N) is 1. The largest absolute Gasteiger partial charge is 0.492 e. The molecule has 1 rings (SSSR count). The predicted octanol–water partition coefficient (Wildman–Crippen LogP) is 2.79. The second-order valence-corrected chi connectivity index (χ2v) is 5.45. The van der Waals surface area contributed by atoms with Crippen molar-refractivity contribution in [1.29, 1.82) is 0 Å². The van der Waals surface area contributed by atoms with E-state index in [9.17, 15) is 4.79 Å². The maximum Gasteiger partial charge on any atom is 0.251 e. The highest BCUT2D eigenvalue weighted by Gasteiger charge is 2.17. The maximum absolute atomic E-state index is 11.1. The summed E-state index contributed by atoms with van der Waals surface area (Å²) in [5, 5.41) is 0. The molecule has 1 amide bonds. The minimum atomic E-state index is 0.0114. The highest BCUT2D eigenvalue weighted by molar-refractivity contribution is 7.96. The first-order chi connectivity index (χ1) is 10.1. The molecule has 1 fully saturated rings. The number of carbonyl (C=O) groups is 1. The molecule has 1 atom stereocenters. The molecular weight excluding hydrogens is 288 g/mol. The van der Waals surface area contributed by atoms with Crippen molar-refractivity contribution in [2.24, 2.45) is 0 Å². The van der Waals surface area contributed by atoms with Gasteiger partial charge in [-0.1, -0.05) is 25.2 Å². The highest BCUT2D eigenvalue weighted by atomic mass is 32.2. The lowest BCUT2D eigenvalue weighted by atomic mass is 10.2. The van der Waals surface area contributed by atoms with Gasteiger partial charge in [0.25, 0.3) is 5.91 Å². The van der Waals surface area contributed by atoms with Gasteiger partial charge in [0.15, 0.2) is 0 Å². The van der Waals surface area contributed by atoms with Gasteiger partial charge < -0.3 is 9.47 Å². The van der Waals surface area contributed by atoms with E-state index in [1.165, 1.54) is 12.1 Å². The molecule has 21 heavy (non-hydrogen) atoms. The lowest BCUT2D eigenvalue weighted by Gasteiger charge is -2.13. The third kappa shape index (κ3) is 6.73. The van der Waals surface area contributed by atoms with E-state index in [0.717, 1.165) is 17.8 Å². The van der Waals surface area contributed by atoms with Crippen molar-refractivity contribution < 1.29 is 14.3 Å². The molecule has 1 unspecified atom stereocenters. The molecule has 0 bridgehead atoms. The Morgan fingerprint density at radius 1 is 1.57 bits per heavy atom. The van der Waals surface area contributed by atoms with Crippen LogP contribution in [0.1, 0.15) is 27.2 Å². The third-order valence-corrected chi connectivity index (χ3v) is 3.75. The second-order valence-electron chi connectivity index (χ2n) is 4.59. The van der Waals surface area contributed by atoms with Gasteiger partial charge in [-0.05, 0) is 19.4 Å². The van der Waals surface area contributed by atoms with Crippen molar-refractivity contribution in [3.05, 3.63) is 35.8 Å². The van der Waals surface area contributed by atoms with Crippen LogP contribution in [0.15, 0.2) is 35.8 Å². The topological polar surface area (TPSA) is 50.8 Å². The van der Waals surface area contributed by atoms with Crippen LogP contribution in [0.4, 0.5) is 0 Å². The van der Waals surface area contributed by atoms with Crippen molar-refractivity contribution in [2.45, 2.75) is 33.3 Å². The smallest absolute Gasteiger partial charge is 0.251 e. The zero-order valence-corrected chi connectivity index (χ0v) is 13.9. The van der Waals surface area contributed by atoms with Crippen LogP contribution in [-0.2, 0) is 14.3 Å². The number of ether oxygens (including phenoxy) is 2. The molecule has 5 nitrogen and oxygen atoms in total. The number of allylic oxidation sites excluding steroid dienone is 2. The van der Waals surface area contributed by atoms with Gasteiger partial charge in [0.05, 0.1) is 24.4 Å². The van der Waals surface area contributed by atoms with Gasteiger partial charge in [-0.25, -0.2) is 0 Å². The molecule has 1 saturated heterocycles. The van der Waals surface area contributed by atoms with Crippen molar-refractivity contribution in [3.63, 3.8) is 0 Å². The fourth-order valence-corrected chi connectivity index (χ4v) is 2.16. The summed E-state index contributed by atoms with van der Waals surface area (Å²) in [7, 11) is 1.68. The van der Waals surface area contributed by atoms with E-state index in [2.05, 4.69) is 4.72 Å². The Kier molecular flexibility index (Phi) is 8.00. The number of methoxy groups -OCH3 is 1. The Morgan fingerprint density at radius 2 is 2.33 bits per heavy atom. The van der Waals surface area contributed by atoms with Gasteiger partial charge >= 0.3 is 0 Å². The van der Waals surface area contributed by atoms with Crippen LogP contribution in [0.25, 0.3) is 0 Å². The van der Waals surface area contributed by atoms with E-state index in [4.69, 9.17) is 9.47 Å². The normalized spacial score (nSPS) is 18.3. The SMILES string of the molecule is C/C=C(\C=C/C(C)OC)CO/C(=C\N1CC(=O)NS1)CC. The zero-order chi connectivity index (χ0) is 15.7. The van der Waals surface area contributed by atoms with E-state index in [0.29, 0.717) is 13.2 Å². The second kappa shape index (κ2) is 9.52. The summed E-state index contributed by atoms with van der Waals surface area (Å²) in [6, 6.07) is 0. The van der Waals surface area contributed by atoms with E-state index in [1.807, 2.05) is 49.5 Å². The lowest BCUT2D eigenvalue weighted by molar-refractivity contribution is -0.118. The standard InChI is InChI=1S/C15H24N2O3S/c1-5-13(8-7-12(3)19-4)11-20-14(6-2)9-17-10-15(18)16-21-17/h5,7-9,12H,6,10-11H2,1-4H3,(H,16,18)/b8-7-,13-5+,14-9-. The van der Waals surface area contributed by atoms with Crippen molar-refractivity contribution >= 4 is 18.0 Å². The zero-order valence-electron chi connectivity index (χ0n) is 13.1. The van der Waals surface area contributed by atoms with E-state index < -0.39 is 0 Å². The third-order valence-electron chi connectivity index (χ3n) is 2.96. The maximum atomic E-state index is 11.1. The summed E-state index contributed by atoms with van der Waals surface area (Å²) >= 11 is 1.28. The van der Waals surface area contributed by atoms with Gasteiger partial charge in [0.2, 0.25) is 0 Å². The number of nitrogens with zero attached hydrogens (tertiary/aromatic N) is 1. The monoisotopic (exact) mass is 312 g/mol. The Labute approximate surface area is 131 Å². The Morgan fingerprint density at radius 3 is 2.86 bits per heavy atom.